The average molecular weight is 598 g/mol. The molecule has 0 bridgehead atoms. The summed E-state index contributed by atoms with van der Waals surface area (Å²) in [7, 11) is 0. The molecule has 0 radical (unpaired) electrons. The molecule has 12 heteroatoms. The highest BCUT2D eigenvalue weighted by Crippen LogP contribution is 2.36. The number of rotatable bonds is 6. The van der Waals surface area contributed by atoms with Gasteiger partial charge in [-0.1, -0.05) is 18.2 Å². The first-order valence-corrected chi connectivity index (χ1v) is 14.3. The van der Waals surface area contributed by atoms with E-state index in [1.54, 1.807) is 40.2 Å². The van der Waals surface area contributed by atoms with E-state index in [9.17, 15) is 19.3 Å². The molecule has 5 aromatic rings. The Morgan fingerprint density at radius 3 is 2.57 bits per heavy atom. The number of H-pyrrole nitrogens is 1. The van der Waals surface area contributed by atoms with Crippen LogP contribution >= 0.6 is 0 Å². The summed E-state index contributed by atoms with van der Waals surface area (Å²) in [6.45, 7) is 7.60. The van der Waals surface area contributed by atoms with Gasteiger partial charge in [-0.05, 0) is 56.2 Å². The Labute approximate surface area is 253 Å². The fraction of sp³-hybridized carbons (Fsp3) is 0.281. The number of nitro groups is 1. The number of benzene rings is 2. The highest BCUT2D eigenvalue weighted by molar-refractivity contribution is 5.95. The largest absolute Gasteiger partial charge is 0.444 e. The molecule has 1 amide bonds. The Bertz CT molecular complexity index is 1850. The van der Waals surface area contributed by atoms with Gasteiger partial charge in [0.25, 0.3) is 5.69 Å². The fourth-order valence-electron chi connectivity index (χ4n) is 5.38. The average Bonchev–Trinajstić information content (AvgIpc) is 3.62. The summed E-state index contributed by atoms with van der Waals surface area (Å²) in [5, 5.41) is 17.5. The summed E-state index contributed by atoms with van der Waals surface area (Å²) in [6, 6.07) is 13.6. The number of hydrogen-bond acceptors (Lipinski definition) is 7. The summed E-state index contributed by atoms with van der Waals surface area (Å²) in [4.78, 5) is 35.6. The van der Waals surface area contributed by atoms with E-state index >= 15 is 0 Å². The van der Waals surface area contributed by atoms with Crippen molar-refractivity contribution in [3.63, 3.8) is 0 Å². The van der Waals surface area contributed by atoms with Gasteiger partial charge in [-0.25, -0.2) is 14.2 Å². The minimum Gasteiger partial charge on any atom is -0.444 e. The number of nitrogens with one attached hydrogen (secondary N) is 1. The van der Waals surface area contributed by atoms with E-state index in [0.717, 1.165) is 27.6 Å². The van der Waals surface area contributed by atoms with Crippen molar-refractivity contribution in [2.24, 2.45) is 0 Å². The minimum absolute atomic E-state index is 0.0127. The van der Waals surface area contributed by atoms with E-state index in [0.29, 0.717) is 49.6 Å². The lowest BCUT2D eigenvalue weighted by Crippen LogP contribution is -2.50. The summed E-state index contributed by atoms with van der Waals surface area (Å²) >= 11 is 0. The van der Waals surface area contributed by atoms with Crippen molar-refractivity contribution < 1.29 is 18.8 Å². The molecule has 1 saturated heterocycles. The molecular formula is C32H32FN7O4. The van der Waals surface area contributed by atoms with Crippen molar-refractivity contribution in [3.8, 4) is 22.3 Å². The Morgan fingerprint density at radius 1 is 1.05 bits per heavy atom. The third-order valence-corrected chi connectivity index (χ3v) is 7.49. The lowest BCUT2D eigenvalue weighted by molar-refractivity contribution is -0.384. The molecule has 0 aliphatic carbocycles. The van der Waals surface area contributed by atoms with Gasteiger partial charge in [0.2, 0.25) is 0 Å². The molecule has 0 spiro atoms. The van der Waals surface area contributed by atoms with Crippen LogP contribution in [0.15, 0.2) is 73.3 Å². The summed E-state index contributed by atoms with van der Waals surface area (Å²) in [5.41, 5.74) is 4.52. The van der Waals surface area contributed by atoms with Gasteiger partial charge in [-0.15, -0.1) is 0 Å². The number of anilines is 1. The number of aromatic amines is 1. The van der Waals surface area contributed by atoms with E-state index in [4.69, 9.17) is 4.74 Å². The first kappa shape index (κ1) is 28.8. The zero-order valence-corrected chi connectivity index (χ0v) is 24.7. The quantitative estimate of drug-likeness (QED) is 0.181. The number of piperazine rings is 1. The van der Waals surface area contributed by atoms with Crippen LogP contribution < -0.4 is 4.90 Å². The molecular weight excluding hydrogens is 565 g/mol. The summed E-state index contributed by atoms with van der Waals surface area (Å²) < 4.78 is 20.8. The van der Waals surface area contributed by atoms with Crippen LogP contribution in [0.4, 0.5) is 20.6 Å². The lowest BCUT2D eigenvalue weighted by Gasteiger charge is -2.36. The molecule has 1 N–H and O–H groups in total. The number of carbonyl (C=O) groups excluding carboxylic acids is 1. The number of hydrogen-bond donors (Lipinski definition) is 1. The molecule has 6 rings (SSSR count). The van der Waals surface area contributed by atoms with Gasteiger partial charge in [-0.2, -0.15) is 5.10 Å². The zero-order chi connectivity index (χ0) is 31.0. The van der Waals surface area contributed by atoms with Crippen LogP contribution in [-0.2, 0) is 11.3 Å². The van der Waals surface area contributed by atoms with Gasteiger partial charge < -0.3 is 19.5 Å². The maximum atomic E-state index is 13.6. The van der Waals surface area contributed by atoms with E-state index in [1.807, 2.05) is 56.3 Å². The van der Waals surface area contributed by atoms with Crippen LogP contribution in [0.25, 0.3) is 33.3 Å². The highest BCUT2D eigenvalue weighted by Gasteiger charge is 2.29. The van der Waals surface area contributed by atoms with Gasteiger partial charge in [0.1, 0.15) is 22.8 Å². The van der Waals surface area contributed by atoms with Crippen molar-refractivity contribution in [2.75, 3.05) is 31.1 Å². The Kier molecular flexibility index (Phi) is 7.50. The molecule has 0 saturated carbocycles. The van der Waals surface area contributed by atoms with Crippen LogP contribution in [-0.4, -0.2) is 67.4 Å². The predicted molar refractivity (Wildman–Crippen MR) is 165 cm³/mol. The fourth-order valence-corrected chi connectivity index (χ4v) is 5.38. The van der Waals surface area contributed by atoms with Gasteiger partial charge in [0, 0.05) is 72.9 Å². The molecule has 44 heavy (non-hydrogen) atoms. The molecule has 1 fully saturated rings. The Hall–Kier alpha value is -5.26. The number of halogens is 1. The number of aromatic nitrogens is 4. The molecule has 0 atom stereocenters. The number of fused-ring (bicyclic) bond motifs is 1. The van der Waals surface area contributed by atoms with Gasteiger partial charge in [0.05, 0.1) is 17.7 Å². The summed E-state index contributed by atoms with van der Waals surface area (Å²) in [5.74, 6) is -0.292. The van der Waals surface area contributed by atoms with Gasteiger partial charge in [-0.3, -0.25) is 14.8 Å². The minimum atomic E-state index is -0.589. The van der Waals surface area contributed by atoms with Crippen LogP contribution in [0, 0.1) is 15.9 Å². The third-order valence-electron chi connectivity index (χ3n) is 7.49. The molecule has 226 valence electrons. The van der Waals surface area contributed by atoms with Crippen LogP contribution in [0.1, 0.15) is 26.3 Å². The molecule has 11 nitrogen and oxygen atoms in total. The van der Waals surface area contributed by atoms with E-state index in [-0.39, 0.29) is 22.5 Å². The maximum absolute atomic E-state index is 13.6. The van der Waals surface area contributed by atoms with Crippen molar-refractivity contribution in [1.29, 1.82) is 0 Å². The van der Waals surface area contributed by atoms with Crippen LogP contribution in [0.3, 0.4) is 0 Å². The predicted octanol–water partition coefficient (Wildman–Crippen LogP) is 6.25. The number of amides is 1. The molecule has 3 aromatic heterocycles. The number of pyridine rings is 1. The third kappa shape index (κ3) is 6.10. The normalized spacial score (nSPS) is 13.8. The SMILES string of the molecule is CC(C)(C)OC(=O)N1CCN(c2ccc(-c3cnc4[nH]cc(-c5cnn(Cc6cccc(F)c6)c5)c4c3)cc2[N+](=O)[O-])CC1. The second kappa shape index (κ2) is 11.4. The number of nitro benzene ring substituents is 1. The molecule has 4 heterocycles. The van der Waals surface area contributed by atoms with Crippen LogP contribution in [0.5, 0.6) is 0 Å². The van der Waals surface area contributed by atoms with Crippen LogP contribution in [0.2, 0.25) is 0 Å². The smallest absolute Gasteiger partial charge is 0.410 e. The van der Waals surface area contributed by atoms with Crippen molar-refractivity contribution in [2.45, 2.75) is 32.9 Å². The molecule has 0 unspecified atom stereocenters. The van der Waals surface area contributed by atoms with Crippen molar-refractivity contribution in [3.05, 3.63) is 94.8 Å². The monoisotopic (exact) mass is 597 g/mol. The molecule has 2 aromatic carbocycles. The van der Waals surface area contributed by atoms with E-state index in [1.165, 1.54) is 12.1 Å². The number of carbonyl (C=O) groups is 1. The summed E-state index contributed by atoms with van der Waals surface area (Å²) in [6.07, 6.45) is 6.80. The second-order valence-corrected chi connectivity index (χ2v) is 11.8. The van der Waals surface area contributed by atoms with Crippen molar-refractivity contribution in [1.82, 2.24) is 24.6 Å². The lowest BCUT2D eigenvalue weighted by atomic mass is 10.0. The molecule has 1 aliphatic rings. The first-order chi connectivity index (χ1) is 21.0. The van der Waals surface area contributed by atoms with Gasteiger partial charge >= 0.3 is 6.09 Å². The number of ether oxygens (including phenoxy) is 1. The standard InChI is InChI=1S/C32H32FN7O4/c1-32(2,3)44-31(41)38-11-9-37(10-12-38)28-8-7-22(15-29(28)40(42)43)23-14-26-27(18-35-30(26)34-16-23)24-17-36-39(20-24)19-21-5-4-6-25(33)13-21/h4-8,13-18,20H,9-12,19H2,1-3H3,(H,34,35). The topological polar surface area (TPSA) is 122 Å². The first-order valence-electron chi connectivity index (χ1n) is 14.3. The van der Waals surface area contributed by atoms with Gasteiger partial charge in [0.15, 0.2) is 0 Å². The number of nitrogens with zero attached hydrogens (tertiary/aromatic N) is 6. The Balaban J connectivity index is 1.23. The second-order valence-electron chi connectivity index (χ2n) is 11.8. The zero-order valence-electron chi connectivity index (χ0n) is 24.7. The highest BCUT2D eigenvalue weighted by atomic mass is 19.1. The van der Waals surface area contributed by atoms with E-state index in [2.05, 4.69) is 15.1 Å². The van der Waals surface area contributed by atoms with E-state index < -0.39 is 5.60 Å². The van der Waals surface area contributed by atoms with Crippen molar-refractivity contribution >= 4 is 28.5 Å². The molecule has 1 aliphatic heterocycles. The maximum Gasteiger partial charge on any atom is 0.410 e. The Morgan fingerprint density at radius 2 is 1.84 bits per heavy atom.